The van der Waals surface area contributed by atoms with E-state index in [-0.39, 0.29) is 28.6 Å². The Morgan fingerprint density at radius 1 is 1.24 bits per heavy atom. The maximum atomic E-state index is 12.5. The van der Waals surface area contributed by atoms with Gasteiger partial charge in [-0.25, -0.2) is 5.10 Å². The quantitative estimate of drug-likeness (QED) is 0.727. The van der Waals surface area contributed by atoms with E-state index in [2.05, 4.69) is 20.8 Å². The summed E-state index contributed by atoms with van der Waals surface area (Å²) < 4.78 is 5.25. The van der Waals surface area contributed by atoms with Crippen LogP contribution >= 0.6 is 12.2 Å². The molecule has 3 N–H and O–H groups in total. The molecular formula is C17H20N4O3S. The summed E-state index contributed by atoms with van der Waals surface area (Å²) in [7, 11) is 1.63. The molecule has 25 heavy (non-hydrogen) atoms. The lowest BCUT2D eigenvalue weighted by Crippen LogP contribution is -2.47. The molecule has 1 aliphatic rings. The molecule has 2 aromatic rings. The van der Waals surface area contributed by atoms with Crippen LogP contribution in [0.25, 0.3) is 11.5 Å². The number of benzene rings is 1. The van der Waals surface area contributed by atoms with E-state index in [9.17, 15) is 9.59 Å². The molecule has 2 amide bonds. The molecule has 0 bridgehead atoms. The van der Waals surface area contributed by atoms with Crippen molar-refractivity contribution in [2.45, 2.75) is 31.7 Å². The highest BCUT2D eigenvalue weighted by Gasteiger charge is 2.31. The molecule has 1 fully saturated rings. The number of hydrogen-bond acceptors (Lipinski definition) is 5. The van der Waals surface area contributed by atoms with Crippen molar-refractivity contribution in [3.63, 3.8) is 0 Å². The van der Waals surface area contributed by atoms with Gasteiger partial charge in [-0.1, -0.05) is 12.8 Å². The number of nitrogens with one attached hydrogen (secondary N) is 3. The summed E-state index contributed by atoms with van der Waals surface area (Å²) in [5, 5.41) is 12.2. The molecule has 0 saturated heterocycles. The summed E-state index contributed by atoms with van der Waals surface area (Å²) >= 11 is 4.85. The van der Waals surface area contributed by atoms with Crippen molar-refractivity contribution in [1.82, 2.24) is 20.8 Å². The average Bonchev–Trinajstić information content (AvgIpc) is 3.08. The van der Waals surface area contributed by atoms with Gasteiger partial charge in [0.25, 0.3) is 10.7 Å². The Bertz CT molecular complexity index is 812. The number of hydrogen-bond donors (Lipinski definition) is 3. The topological polar surface area (TPSA) is 100 Å². The van der Waals surface area contributed by atoms with Crippen LogP contribution in [0.5, 0.6) is 0 Å². The fourth-order valence-electron chi connectivity index (χ4n) is 3.17. The van der Waals surface area contributed by atoms with Gasteiger partial charge < -0.3 is 15.1 Å². The Labute approximate surface area is 150 Å². The molecule has 0 radical (unpaired) electrons. The van der Waals surface area contributed by atoms with Gasteiger partial charge in [-0.3, -0.25) is 9.59 Å². The molecule has 2 atom stereocenters. The Morgan fingerprint density at radius 2 is 1.96 bits per heavy atom. The standard InChI is InChI=1S/C17H20N4O3S/c1-18-15(23)12-4-2-3-5-13(12)19-14(22)10-6-8-11(9-7-10)16-20-21-17(25)24-16/h6-9,12-13H,2-5H2,1H3,(H,18,23)(H,19,22)(H,21,25)/t12-,13-/m1/s1. The minimum absolute atomic E-state index is 0.0137. The lowest BCUT2D eigenvalue weighted by Gasteiger charge is -2.30. The van der Waals surface area contributed by atoms with E-state index in [4.69, 9.17) is 16.6 Å². The summed E-state index contributed by atoms with van der Waals surface area (Å²) in [5.41, 5.74) is 1.25. The summed E-state index contributed by atoms with van der Waals surface area (Å²) in [6.45, 7) is 0. The van der Waals surface area contributed by atoms with E-state index < -0.39 is 0 Å². The zero-order valence-electron chi connectivity index (χ0n) is 13.9. The third-order valence-corrected chi connectivity index (χ3v) is 4.67. The predicted octanol–water partition coefficient (Wildman–Crippen LogP) is 2.43. The van der Waals surface area contributed by atoms with Gasteiger partial charge >= 0.3 is 0 Å². The molecule has 0 unspecified atom stereocenters. The number of amides is 2. The molecule has 1 aromatic heterocycles. The fraction of sp³-hybridized carbons (Fsp3) is 0.412. The van der Waals surface area contributed by atoms with Gasteiger partial charge in [0, 0.05) is 24.2 Å². The molecular weight excluding hydrogens is 340 g/mol. The Balaban J connectivity index is 1.70. The Hall–Kier alpha value is -2.48. The van der Waals surface area contributed by atoms with Gasteiger partial charge in [0.2, 0.25) is 11.8 Å². The molecule has 8 heteroatoms. The van der Waals surface area contributed by atoms with Crippen LogP contribution < -0.4 is 10.6 Å². The van der Waals surface area contributed by atoms with Crippen molar-refractivity contribution in [3.05, 3.63) is 34.7 Å². The van der Waals surface area contributed by atoms with E-state index in [1.807, 2.05) is 0 Å². The normalized spacial score (nSPS) is 20.0. The number of nitrogens with zero attached hydrogens (tertiary/aromatic N) is 1. The summed E-state index contributed by atoms with van der Waals surface area (Å²) in [4.78, 5) is 24.7. The van der Waals surface area contributed by atoms with Crippen LogP contribution in [0.4, 0.5) is 0 Å². The van der Waals surface area contributed by atoms with Crippen LogP contribution in [0.15, 0.2) is 28.7 Å². The zero-order chi connectivity index (χ0) is 17.8. The van der Waals surface area contributed by atoms with Crippen LogP contribution in [0.3, 0.4) is 0 Å². The first-order valence-electron chi connectivity index (χ1n) is 8.27. The molecule has 1 heterocycles. The molecule has 1 aliphatic carbocycles. The first-order chi connectivity index (χ1) is 12.1. The second-order valence-electron chi connectivity index (χ2n) is 6.08. The zero-order valence-corrected chi connectivity index (χ0v) is 14.7. The average molecular weight is 360 g/mol. The van der Waals surface area contributed by atoms with Gasteiger partial charge in [-0.2, -0.15) is 0 Å². The van der Waals surface area contributed by atoms with Crippen LogP contribution in [-0.2, 0) is 4.79 Å². The second-order valence-corrected chi connectivity index (χ2v) is 6.45. The van der Waals surface area contributed by atoms with Crippen molar-refractivity contribution in [2.24, 2.45) is 5.92 Å². The molecule has 1 aromatic carbocycles. The first-order valence-corrected chi connectivity index (χ1v) is 8.67. The minimum Gasteiger partial charge on any atom is -0.409 e. The Kier molecular flexibility index (Phi) is 5.28. The van der Waals surface area contributed by atoms with Gasteiger partial charge in [-0.05, 0) is 49.3 Å². The van der Waals surface area contributed by atoms with Crippen molar-refractivity contribution in [2.75, 3.05) is 7.05 Å². The molecule has 1 saturated carbocycles. The van der Waals surface area contributed by atoms with Gasteiger partial charge in [0.1, 0.15) is 0 Å². The smallest absolute Gasteiger partial charge is 0.284 e. The van der Waals surface area contributed by atoms with Gasteiger partial charge in [0.15, 0.2) is 0 Å². The predicted molar refractivity (Wildman–Crippen MR) is 94.4 cm³/mol. The van der Waals surface area contributed by atoms with E-state index in [0.717, 1.165) is 31.2 Å². The number of aromatic amines is 1. The third kappa shape index (κ3) is 3.96. The number of aromatic nitrogens is 2. The highest BCUT2D eigenvalue weighted by molar-refractivity contribution is 7.71. The largest absolute Gasteiger partial charge is 0.409 e. The third-order valence-electron chi connectivity index (χ3n) is 4.50. The lowest BCUT2D eigenvalue weighted by molar-refractivity contribution is -0.126. The number of rotatable bonds is 4. The van der Waals surface area contributed by atoms with Crippen LogP contribution in [-0.4, -0.2) is 35.1 Å². The lowest BCUT2D eigenvalue weighted by atomic mass is 9.83. The van der Waals surface area contributed by atoms with Gasteiger partial charge in [-0.15, -0.1) is 5.10 Å². The maximum absolute atomic E-state index is 12.5. The minimum atomic E-state index is -0.185. The Morgan fingerprint density at radius 3 is 2.60 bits per heavy atom. The second kappa shape index (κ2) is 7.60. The summed E-state index contributed by atoms with van der Waals surface area (Å²) in [6.07, 6.45) is 3.64. The van der Waals surface area contributed by atoms with E-state index in [0.29, 0.717) is 11.5 Å². The molecule has 0 aliphatic heterocycles. The maximum Gasteiger partial charge on any atom is 0.284 e. The van der Waals surface area contributed by atoms with Crippen molar-refractivity contribution < 1.29 is 14.0 Å². The van der Waals surface area contributed by atoms with E-state index in [1.54, 1.807) is 31.3 Å². The fourth-order valence-corrected chi connectivity index (χ4v) is 3.30. The number of carbonyl (C=O) groups excluding carboxylic acids is 2. The molecule has 132 valence electrons. The summed E-state index contributed by atoms with van der Waals surface area (Å²) in [5.74, 6) is 0.00899. The molecule has 0 spiro atoms. The summed E-state index contributed by atoms with van der Waals surface area (Å²) in [6, 6.07) is 6.77. The van der Waals surface area contributed by atoms with Crippen molar-refractivity contribution in [1.29, 1.82) is 0 Å². The highest BCUT2D eigenvalue weighted by Crippen LogP contribution is 2.25. The van der Waals surface area contributed by atoms with Crippen LogP contribution in [0.1, 0.15) is 36.0 Å². The van der Waals surface area contributed by atoms with Crippen molar-refractivity contribution in [3.8, 4) is 11.5 Å². The highest BCUT2D eigenvalue weighted by atomic mass is 32.1. The van der Waals surface area contributed by atoms with E-state index in [1.165, 1.54) is 0 Å². The van der Waals surface area contributed by atoms with Crippen molar-refractivity contribution >= 4 is 24.0 Å². The number of carbonyl (C=O) groups is 2. The first kappa shape index (κ1) is 17.3. The van der Waals surface area contributed by atoms with Gasteiger partial charge in [0.05, 0.1) is 5.92 Å². The number of H-pyrrole nitrogens is 1. The molecule has 7 nitrogen and oxygen atoms in total. The van der Waals surface area contributed by atoms with E-state index >= 15 is 0 Å². The molecule has 3 rings (SSSR count). The SMILES string of the molecule is CNC(=O)[C@@H]1CCCC[C@H]1NC(=O)c1ccc(-c2n[nH]c(=S)o2)cc1. The monoisotopic (exact) mass is 360 g/mol. The van der Waals surface area contributed by atoms with Crippen LogP contribution in [0.2, 0.25) is 0 Å². The van der Waals surface area contributed by atoms with Crippen LogP contribution in [0, 0.1) is 10.8 Å².